The van der Waals surface area contributed by atoms with Gasteiger partial charge in [0.05, 0.1) is 18.3 Å². The van der Waals surface area contributed by atoms with E-state index in [-0.39, 0.29) is 42.7 Å². The van der Waals surface area contributed by atoms with Gasteiger partial charge < -0.3 is 13.7 Å². The maximum Gasteiger partial charge on any atom is 0.247 e. The van der Waals surface area contributed by atoms with Crippen LogP contribution in [-0.4, -0.2) is 32.0 Å². The Morgan fingerprint density at radius 3 is 2.59 bits per heavy atom. The first-order chi connectivity index (χ1) is 16.5. The molecular formula is C24H19ClF2N4O3. The number of hydrogen-bond donors (Lipinski definition) is 0. The Morgan fingerprint density at radius 2 is 1.85 bits per heavy atom. The monoisotopic (exact) mass is 484 g/mol. The van der Waals surface area contributed by atoms with Crippen LogP contribution in [0.3, 0.4) is 0 Å². The molecule has 0 aliphatic heterocycles. The number of hydrogen-bond acceptors (Lipinski definition) is 6. The highest BCUT2D eigenvalue weighted by atomic mass is 35.5. The lowest BCUT2D eigenvalue weighted by Gasteiger charge is -2.20. The Balaban J connectivity index is 1.22. The molecule has 1 saturated carbocycles. The molecule has 4 aromatic rings. The summed E-state index contributed by atoms with van der Waals surface area (Å²) in [7, 11) is 0. The van der Waals surface area contributed by atoms with Crippen molar-refractivity contribution in [3.8, 4) is 22.8 Å². The Bertz CT molecular complexity index is 1320. The lowest BCUT2D eigenvalue weighted by molar-refractivity contribution is -0.132. The fourth-order valence-electron chi connectivity index (χ4n) is 3.58. The standard InChI is InChI=1S/C24H19ClF2N4O3/c25-15-3-1-14(2-4-15)24-30-29-22(34-24)13-31(17-6-7-17)23(32)10-9-21-28-12-20(33-21)18-8-5-16(26)11-19(18)27/h1-5,8,11-12,17H,6-7,9-10,13H2. The zero-order valence-corrected chi connectivity index (χ0v) is 18.6. The minimum atomic E-state index is -0.740. The molecule has 1 aliphatic carbocycles. The quantitative estimate of drug-likeness (QED) is 0.331. The second-order valence-corrected chi connectivity index (χ2v) is 8.44. The molecule has 10 heteroatoms. The second-order valence-electron chi connectivity index (χ2n) is 8.00. The highest BCUT2D eigenvalue weighted by Gasteiger charge is 2.33. The van der Waals surface area contributed by atoms with E-state index >= 15 is 0 Å². The van der Waals surface area contributed by atoms with Crippen molar-refractivity contribution in [1.82, 2.24) is 20.1 Å². The van der Waals surface area contributed by atoms with Crippen molar-refractivity contribution >= 4 is 17.5 Å². The predicted molar refractivity (Wildman–Crippen MR) is 118 cm³/mol. The number of amides is 1. The van der Waals surface area contributed by atoms with Gasteiger partial charge in [-0.3, -0.25) is 4.79 Å². The van der Waals surface area contributed by atoms with Crippen LogP contribution < -0.4 is 0 Å². The van der Waals surface area contributed by atoms with E-state index in [1.54, 1.807) is 29.2 Å². The third kappa shape index (κ3) is 4.99. The van der Waals surface area contributed by atoms with Gasteiger partial charge in [0.15, 0.2) is 11.7 Å². The van der Waals surface area contributed by atoms with E-state index in [0.717, 1.165) is 30.5 Å². The average molecular weight is 485 g/mol. The summed E-state index contributed by atoms with van der Waals surface area (Å²) in [5, 5.41) is 8.76. The molecule has 34 heavy (non-hydrogen) atoms. The molecule has 1 amide bonds. The van der Waals surface area contributed by atoms with Crippen molar-refractivity contribution in [2.24, 2.45) is 0 Å². The second kappa shape index (κ2) is 9.34. The number of oxazole rings is 1. The van der Waals surface area contributed by atoms with E-state index in [2.05, 4.69) is 15.2 Å². The normalized spacial score (nSPS) is 13.3. The molecule has 1 aliphatic rings. The van der Waals surface area contributed by atoms with Crippen LogP contribution in [0.15, 0.2) is 57.5 Å². The smallest absolute Gasteiger partial charge is 0.247 e. The van der Waals surface area contributed by atoms with Crippen LogP contribution in [0.1, 0.15) is 31.0 Å². The van der Waals surface area contributed by atoms with Crippen LogP contribution in [0.25, 0.3) is 22.8 Å². The number of benzene rings is 2. The van der Waals surface area contributed by atoms with Gasteiger partial charge in [0.25, 0.3) is 0 Å². The Hall–Kier alpha value is -3.59. The van der Waals surface area contributed by atoms with Crippen LogP contribution in [0.2, 0.25) is 5.02 Å². The number of nitrogens with zero attached hydrogens (tertiary/aromatic N) is 4. The molecule has 0 spiro atoms. The van der Waals surface area contributed by atoms with Crippen molar-refractivity contribution < 1.29 is 22.4 Å². The van der Waals surface area contributed by atoms with Crippen molar-refractivity contribution in [3.05, 3.63) is 77.1 Å². The average Bonchev–Trinajstić information content (AvgIpc) is 3.36. The van der Waals surface area contributed by atoms with Gasteiger partial charge in [0.1, 0.15) is 11.6 Å². The lowest BCUT2D eigenvalue weighted by atomic mass is 10.2. The Labute approximate surface area is 198 Å². The zero-order chi connectivity index (χ0) is 23.7. The van der Waals surface area contributed by atoms with Crippen LogP contribution >= 0.6 is 11.6 Å². The molecule has 0 radical (unpaired) electrons. The van der Waals surface area contributed by atoms with Gasteiger partial charge in [0, 0.05) is 35.5 Å². The first kappa shape index (κ1) is 22.2. The maximum absolute atomic E-state index is 14.0. The first-order valence-corrected chi connectivity index (χ1v) is 11.1. The molecule has 2 heterocycles. The van der Waals surface area contributed by atoms with Gasteiger partial charge in [-0.25, -0.2) is 13.8 Å². The molecule has 2 aromatic heterocycles. The van der Waals surface area contributed by atoms with Gasteiger partial charge in [-0.2, -0.15) is 0 Å². The van der Waals surface area contributed by atoms with E-state index in [4.69, 9.17) is 20.4 Å². The molecule has 0 unspecified atom stereocenters. The number of carbonyl (C=O) groups excluding carboxylic acids is 1. The molecule has 1 fully saturated rings. The molecule has 7 nitrogen and oxygen atoms in total. The summed E-state index contributed by atoms with van der Waals surface area (Å²) in [4.78, 5) is 18.8. The summed E-state index contributed by atoms with van der Waals surface area (Å²) in [5.74, 6) is -0.332. The van der Waals surface area contributed by atoms with Crippen molar-refractivity contribution in [3.63, 3.8) is 0 Å². The van der Waals surface area contributed by atoms with Crippen molar-refractivity contribution in [2.45, 2.75) is 38.3 Å². The molecule has 174 valence electrons. The Kier molecular flexibility index (Phi) is 6.10. The number of aryl methyl sites for hydroxylation is 1. The summed E-state index contributed by atoms with van der Waals surface area (Å²) in [6.45, 7) is 0.210. The number of aromatic nitrogens is 3. The van der Waals surface area contributed by atoms with E-state index in [9.17, 15) is 13.6 Å². The highest BCUT2D eigenvalue weighted by Crippen LogP contribution is 2.30. The third-order valence-corrected chi connectivity index (χ3v) is 5.73. The molecule has 0 atom stereocenters. The number of carbonyl (C=O) groups is 1. The fourth-order valence-corrected chi connectivity index (χ4v) is 3.70. The summed E-state index contributed by atoms with van der Waals surface area (Å²) in [6, 6.07) is 10.4. The molecule has 0 saturated heterocycles. The molecule has 2 aromatic carbocycles. The summed E-state index contributed by atoms with van der Waals surface area (Å²) in [5.41, 5.74) is 0.851. The summed E-state index contributed by atoms with van der Waals surface area (Å²) in [6.07, 6.45) is 3.59. The molecule has 0 bridgehead atoms. The largest absolute Gasteiger partial charge is 0.441 e. The van der Waals surface area contributed by atoms with Crippen LogP contribution in [0, 0.1) is 11.6 Å². The van der Waals surface area contributed by atoms with E-state index in [1.807, 2.05) is 0 Å². The SMILES string of the molecule is O=C(CCc1ncc(-c2ccc(F)cc2F)o1)N(Cc1nnc(-c2ccc(Cl)cc2)o1)C1CC1. The molecule has 5 rings (SSSR count). The van der Waals surface area contributed by atoms with E-state index in [1.165, 1.54) is 12.3 Å². The van der Waals surface area contributed by atoms with E-state index < -0.39 is 11.6 Å². The summed E-state index contributed by atoms with van der Waals surface area (Å²) >= 11 is 5.92. The maximum atomic E-state index is 14.0. The van der Waals surface area contributed by atoms with E-state index in [0.29, 0.717) is 22.7 Å². The van der Waals surface area contributed by atoms with Gasteiger partial charge in [-0.05, 0) is 49.2 Å². The minimum absolute atomic E-state index is 0.0959. The molecular weight excluding hydrogens is 466 g/mol. The topological polar surface area (TPSA) is 85.3 Å². The first-order valence-electron chi connectivity index (χ1n) is 10.7. The number of halogens is 3. The van der Waals surface area contributed by atoms with Crippen LogP contribution in [0.5, 0.6) is 0 Å². The lowest BCUT2D eigenvalue weighted by Crippen LogP contribution is -2.32. The van der Waals surface area contributed by atoms with Crippen molar-refractivity contribution in [1.29, 1.82) is 0 Å². The van der Waals surface area contributed by atoms with Crippen LogP contribution in [-0.2, 0) is 17.8 Å². The van der Waals surface area contributed by atoms with Gasteiger partial charge in [-0.1, -0.05) is 11.6 Å². The fraction of sp³-hybridized carbons (Fsp3) is 0.250. The minimum Gasteiger partial charge on any atom is -0.441 e. The van der Waals surface area contributed by atoms with Gasteiger partial charge >= 0.3 is 0 Å². The van der Waals surface area contributed by atoms with Crippen LogP contribution in [0.4, 0.5) is 8.78 Å². The highest BCUT2D eigenvalue weighted by molar-refractivity contribution is 6.30. The zero-order valence-electron chi connectivity index (χ0n) is 17.9. The number of rotatable bonds is 8. The Morgan fingerprint density at radius 1 is 1.06 bits per heavy atom. The third-order valence-electron chi connectivity index (χ3n) is 5.47. The predicted octanol–water partition coefficient (Wildman–Crippen LogP) is 5.45. The van der Waals surface area contributed by atoms with Crippen molar-refractivity contribution in [2.75, 3.05) is 0 Å². The van der Waals surface area contributed by atoms with Gasteiger partial charge in [0.2, 0.25) is 17.7 Å². The van der Waals surface area contributed by atoms with Gasteiger partial charge in [-0.15, -0.1) is 10.2 Å². The molecule has 0 N–H and O–H groups in total. The summed E-state index contributed by atoms with van der Waals surface area (Å²) < 4.78 is 38.4.